The Kier molecular flexibility index (Phi) is 9.62. The molecule has 0 unspecified atom stereocenters. The second kappa shape index (κ2) is 11.9. The smallest absolute Gasteiger partial charge is 0.462 e. The van der Waals surface area contributed by atoms with Gasteiger partial charge in [-0.15, -0.1) is 13.2 Å². The third kappa shape index (κ3) is 7.63. The summed E-state index contributed by atoms with van der Waals surface area (Å²) in [5.74, 6) is -1.23. The molecule has 0 saturated carbocycles. The molecule has 0 spiro atoms. The Hall–Kier alpha value is -2.09. The van der Waals surface area contributed by atoms with Crippen LogP contribution < -0.4 is 0 Å². The number of benzene rings is 1. The van der Waals surface area contributed by atoms with Gasteiger partial charge in [-0.3, -0.25) is 4.74 Å². The Bertz CT molecular complexity index is 802. The number of hydrogen-bond acceptors (Lipinski definition) is 3. The lowest BCUT2D eigenvalue weighted by molar-refractivity contribution is -0.325. The van der Waals surface area contributed by atoms with E-state index in [0.717, 1.165) is 19.3 Å². The van der Waals surface area contributed by atoms with E-state index in [1.54, 1.807) is 6.07 Å². The number of ether oxygens (including phenoxy) is 2. The van der Waals surface area contributed by atoms with Gasteiger partial charge in [-0.2, -0.15) is 0 Å². The molecule has 0 aliphatic heterocycles. The number of carbonyl (C=O) groups is 1. The van der Waals surface area contributed by atoms with Gasteiger partial charge in [0.1, 0.15) is 5.82 Å². The zero-order chi connectivity index (χ0) is 22.0. The first-order chi connectivity index (χ1) is 14.3. The minimum atomic E-state index is -4.76. The van der Waals surface area contributed by atoms with Gasteiger partial charge in [0.15, 0.2) is 0 Å². The van der Waals surface area contributed by atoms with E-state index < -0.39 is 24.8 Å². The van der Waals surface area contributed by atoms with E-state index in [1.807, 2.05) is 0 Å². The second-order valence-electron chi connectivity index (χ2n) is 7.28. The highest BCUT2D eigenvalue weighted by atomic mass is 19.4. The first-order valence-corrected chi connectivity index (χ1v) is 10.5. The molecule has 1 heterocycles. The zero-order valence-electron chi connectivity index (χ0n) is 17.3. The number of para-hydroxylation sites is 1. The molecule has 2 rings (SSSR count). The van der Waals surface area contributed by atoms with Gasteiger partial charge in [0.05, 0.1) is 24.3 Å². The molecular weight excluding hydrogens is 402 g/mol. The Labute approximate surface area is 174 Å². The van der Waals surface area contributed by atoms with Crippen LogP contribution in [-0.4, -0.2) is 30.1 Å². The van der Waals surface area contributed by atoms with Crippen LogP contribution in [0.5, 0.6) is 0 Å². The van der Waals surface area contributed by atoms with Crippen molar-refractivity contribution in [2.24, 2.45) is 0 Å². The van der Waals surface area contributed by atoms with Gasteiger partial charge >= 0.3 is 12.3 Å². The minimum absolute atomic E-state index is 0.0577. The maximum Gasteiger partial charge on any atom is 0.522 e. The number of fused-ring (bicyclic) bond motifs is 1. The SMILES string of the molecule is CCCCCCCCCCOC(=O)c1cn(CCOC(F)(F)F)c2c(F)cccc12. The normalized spacial score (nSPS) is 11.9. The first-order valence-electron chi connectivity index (χ1n) is 10.5. The van der Waals surface area contributed by atoms with Crippen LogP contribution in [0, 0.1) is 5.82 Å². The van der Waals surface area contributed by atoms with Crippen molar-refractivity contribution >= 4 is 16.9 Å². The fourth-order valence-electron chi connectivity index (χ4n) is 3.39. The van der Waals surface area contributed by atoms with Crippen molar-refractivity contribution in [2.75, 3.05) is 13.2 Å². The lowest BCUT2D eigenvalue weighted by atomic mass is 10.1. The average molecular weight is 431 g/mol. The zero-order valence-corrected chi connectivity index (χ0v) is 17.3. The van der Waals surface area contributed by atoms with Gasteiger partial charge < -0.3 is 9.30 Å². The van der Waals surface area contributed by atoms with E-state index >= 15 is 0 Å². The van der Waals surface area contributed by atoms with Crippen molar-refractivity contribution in [1.82, 2.24) is 4.57 Å². The maximum atomic E-state index is 14.3. The number of carbonyl (C=O) groups excluding carboxylic acids is 1. The number of nitrogens with zero attached hydrogens (tertiary/aromatic N) is 1. The molecule has 0 radical (unpaired) electrons. The van der Waals surface area contributed by atoms with Gasteiger partial charge in [-0.25, -0.2) is 9.18 Å². The van der Waals surface area contributed by atoms with Crippen LogP contribution in [0.25, 0.3) is 10.9 Å². The van der Waals surface area contributed by atoms with Crippen LogP contribution in [0.1, 0.15) is 68.6 Å². The molecule has 0 aliphatic rings. The number of unbranched alkanes of at least 4 members (excludes halogenated alkanes) is 7. The average Bonchev–Trinajstić information content (AvgIpc) is 3.05. The summed E-state index contributed by atoms with van der Waals surface area (Å²) in [7, 11) is 0. The summed E-state index contributed by atoms with van der Waals surface area (Å²) in [4.78, 5) is 12.5. The number of esters is 1. The lowest BCUT2D eigenvalue weighted by Gasteiger charge is -2.09. The third-order valence-corrected chi connectivity index (χ3v) is 4.90. The molecule has 168 valence electrons. The summed E-state index contributed by atoms with van der Waals surface area (Å²) in [5.41, 5.74) is 0.193. The van der Waals surface area contributed by atoms with E-state index in [1.165, 1.54) is 55.0 Å². The molecule has 4 nitrogen and oxygen atoms in total. The number of hydrogen-bond donors (Lipinski definition) is 0. The third-order valence-electron chi connectivity index (χ3n) is 4.90. The van der Waals surface area contributed by atoms with Gasteiger partial charge in [0.25, 0.3) is 0 Å². The molecule has 8 heteroatoms. The molecule has 0 bridgehead atoms. The minimum Gasteiger partial charge on any atom is -0.462 e. The molecule has 30 heavy (non-hydrogen) atoms. The van der Waals surface area contributed by atoms with Crippen LogP contribution in [0.4, 0.5) is 17.6 Å². The van der Waals surface area contributed by atoms with Crippen LogP contribution in [0.3, 0.4) is 0 Å². The largest absolute Gasteiger partial charge is 0.522 e. The molecule has 0 aliphatic carbocycles. The Balaban J connectivity index is 1.90. The van der Waals surface area contributed by atoms with Crippen molar-refractivity contribution in [3.63, 3.8) is 0 Å². The van der Waals surface area contributed by atoms with E-state index in [9.17, 15) is 22.4 Å². The summed E-state index contributed by atoms with van der Waals surface area (Å²) in [6.07, 6.45) is 5.46. The number of aromatic nitrogens is 1. The van der Waals surface area contributed by atoms with Crippen molar-refractivity contribution < 1.29 is 31.8 Å². The highest BCUT2D eigenvalue weighted by molar-refractivity contribution is 6.04. The quantitative estimate of drug-likeness (QED) is 0.203. The number of halogens is 4. The highest BCUT2D eigenvalue weighted by Crippen LogP contribution is 2.25. The summed E-state index contributed by atoms with van der Waals surface area (Å²) in [5, 5.41) is 0.308. The van der Waals surface area contributed by atoms with Crippen molar-refractivity contribution in [3.05, 3.63) is 35.8 Å². The van der Waals surface area contributed by atoms with Crippen LogP contribution in [0.2, 0.25) is 0 Å². The fourth-order valence-corrected chi connectivity index (χ4v) is 3.39. The van der Waals surface area contributed by atoms with E-state index in [0.29, 0.717) is 5.39 Å². The molecule has 1 aromatic carbocycles. The summed E-state index contributed by atoms with van der Waals surface area (Å²) >= 11 is 0. The van der Waals surface area contributed by atoms with Crippen molar-refractivity contribution in [3.8, 4) is 0 Å². The van der Waals surface area contributed by atoms with Gasteiger partial charge in [0, 0.05) is 18.1 Å². The topological polar surface area (TPSA) is 40.5 Å². The molecule has 0 atom stereocenters. The van der Waals surface area contributed by atoms with Gasteiger partial charge in [-0.05, 0) is 12.5 Å². The summed E-state index contributed by atoms with van der Waals surface area (Å²) in [6.45, 7) is 1.50. The van der Waals surface area contributed by atoms with Crippen molar-refractivity contribution in [1.29, 1.82) is 0 Å². The van der Waals surface area contributed by atoms with Gasteiger partial charge in [0.2, 0.25) is 0 Å². The van der Waals surface area contributed by atoms with Crippen molar-refractivity contribution in [2.45, 2.75) is 71.2 Å². The molecular formula is C22H29F4NO3. The van der Waals surface area contributed by atoms with Gasteiger partial charge in [-0.1, -0.05) is 64.0 Å². The molecule has 2 aromatic rings. The number of alkyl halides is 3. The number of rotatable bonds is 13. The first kappa shape index (κ1) is 24.2. The second-order valence-corrected chi connectivity index (χ2v) is 7.28. The summed E-state index contributed by atoms with van der Waals surface area (Å²) < 4.78 is 61.2. The summed E-state index contributed by atoms with van der Waals surface area (Å²) in [6, 6.07) is 4.19. The molecule has 0 N–H and O–H groups in total. The fraction of sp³-hybridized carbons (Fsp3) is 0.591. The predicted molar refractivity (Wildman–Crippen MR) is 107 cm³/mol. The Morgan fingerprint density at radius 3 is 2.33 bits per heavy atom. The molecule has 0 fully saturated rings. The molecule has 0 saturated heterocycles. The van der Waals surface area contributed by atoms with Crippen LogP contribution in [-0.2, 0) is 16.0 Å². The molecule has 0 amide bonds. The van der Waals surface area contributed by atoms with Crippen LogP contribution in [0.15, 0.2) is 24.4 Å². The highest BCUT2D eigenvalue weighted by Gasteiger charge is 2.29. The van der Waals surface area contributed by atoms with E-state index in [-0.39, 0.29) is 24.2 Å². The molecule has 1 aromatic heterocycles. The predicted octanol–water partition coefficient (Wildman–Crippen LogP) is 6.61. The Morgan fingerprint density at radius 1 is 1.00 bits per heavy atom. The standard InChI is InChI=1S/C22H29F4NO3/c1-2-3-4-5-6-7-8-9-14-29-21(28)18-16-27(13-15-30-22(24,25)26)20-17(18)11-10-12-19(20)23/h10-12,16H,2-9,13-15H2,1H3. The van der Waals surface area contributed by atoms with Crippen LogP contribution >= 0.6 is 0 Å². The van der Waals surface area contributed by atoms with E-state index in [2.05, 4.69) is 11.7 Å². The van der Waals surface area contributed by atoms with E-state index in [4.69, 9.17) is 4.74 Å². The Morgan fingerprint density at radius 2 is 1.67 bits per heavy atom. The monoisotopic (exact) mass is 431 g/mol. The maximum absolute atomic E-state index is 14.3. The lowest BCUT2D eigenvalue weighted by Crippen LogP contribution is -2.17.